The van der Waals surface area contributed by atoms with Gasteiger partial charge in [0.15, 0.2) is 0 Å². The number of nitrogens with two attached hydrogens (primary N) is 1. The summed E-state index contributed by atoms with van der Waals surface area (Å²) in [4.78, 5) is 4.12. The van der Waals surface area contributed by atoms with Crippen LogP contribution < -0.4 is 11.1 Å². The molecule has 17 heavy (non-hydrogen) atoms. The molecule has 0 aliphatic rings. The second kappa shape index (κ2) is 4.87. The Hall–Kier alpha value is -2.03. The lowest BCUT2D eigenvalue weighted by atomic mass is 10.1. The molecule has 0 saturated heterocycles. The maximum atomic E-state index is 5.88. The number of rotatable bonds is 3. The lowest BCUT2D eigenvalue weighted by Crippen LogP contribution is -2.08. The van der Waals surface area contributed by atoms with Crippen molar-refractivity contribution in [2.24, 2.45) is 0 Å². The highest BCUT2D eigenvalue weighted by Crippen LogP contribution is 2.24. The van der Waals surface area contributed by atoms with E-state index < -0.39 is 0 Å². The van der Waals surface area contributed by atoms with Gasteiger partial charge in [-0.1, -0.05) is 12.1 Å². The number of nitrogens with one attached hydrogen (secondary N) is 1. The van der Waals surface area contributed by atoms with Crippen molar-refractivity contribution in [1.82, 2.24) is 4.98 Å². The summed E-state index contributed by atoms with van der Waals surface area (Å²) in [7, 11) is 0. The zero-order valence-corrected chi connectivity index (χ0v) is 10.1. The third kappa shape index (κ3) is 2.56. The highest BCUT2D eigenvalue weighted by atomic mass is 14.9. The second-order valence-electron chi connectivity index (χ2n) is 4.17. The van der Waals surface area contributed by atoms with Gasteiger partial charge in [-0.25, -0.2) is 0 Å². The molecule has 2 rings (SSSR count). The standard InChI is InChI=1S/C14H17N3/c1-10-13(15)6-3-7-14(10)17-11(2)12-5-4-8-16-9-12/h3-9,11,17H,15H2,1-2H3. The number of nitrogen functional groups attached to an aromatic ring is 1. The molecule has 1 unspecified atom stereocenters. The quantitative estimate of drug-likeness (QED) is 0.792. The number of aromatic nitrogens is 1. The molecule has 0 amide bonds. The van der Waals surface area contributed by atoms with E-state index in [1.807, 2.05) is 37.4 Å². The van der Waals surface area contributed by atoms with Gasteiger partial charge in [-0.05, 0) is 43.2 Å². The first kappa shape index (κ1) is 11.5. The molecule has 0 spiro atoms. The van der Waals surface area contributed by atoms with Crippen molar-refractivity contribution in [3.63, 3.8) is 0 Å². The van der Waals surface area contributed by atoms with Crippen LogP contribution >= 0.6 is 0 Å². The zero-order chi connectivity index (χ0) is 12.3. The fourth-order valence-electron chi connectivity index (χ4n) is 1.76. The average molecular weight is 227 g/mol. The molecule has 0 aliphatic carbocycles. The summed E-state index contributed by atoms with van der Waals surface area (Å²) in [5, 5.41) is 3.45. The minimum atomic E-state index is 0.212. The molecule has 1 atom stereocenters. The Kier molecular flexibility index (Phi) is 3.28. The summed E-state index contributed by atoms with van der Waals surface area (Å²) in [5.74, 6) is 0. The van der Waals surface area contributed by atoms with E-state index in [9.17, 15) is 0 Å². The molecule has 1 aromatic heterocycles. The van der Waals surface area contributed by atoms with Crippen molar-refractivity contribution in [3.8, 4) is 0 Å². The Bertz CT molecular complexity index is 494. The first-order valence-corrected chi connectivity index (χ1v) is 5.70. The molecule has 0 radical (unpaired) electrons. The average Bonchev–Trinajstić information content (AvgIpc) is 2.36. The molecule has 3 nitrogen and oxygen atoms in total. The van der Waals surface area contributed by atoms with Crippen molar-refractivity contribution in [1.29, 1.82) is 0 Å². The summed E-state index contributed by atoms with van der Waals surface area (Å²) in [6.07, 6.45) is 3.65. The van der Waals surface area contributed by atoms with Crippen molar-refractivity contribution >= 4 is 11.4 Å². The van der Waals surface area contributed by atoms with Crippen molar-refractivity contribution in [2.45, 2.75) is 19.9 Å². The summed E-state index contributed by atoms with van der Waals surface area (Å²) >= 11 is 0. The zero-order valence-electron chi connectivity index (χ0n) is 10.1. The minimum Gasteiger partial charge on any atom is -0.398 e. The lowest BCUT2D eigenvalue weighted by molar-refractivity contribution is 0.874. The molecule has 0 aliphatic heterocycles. The van der Waals surface area contributed by atoms with E-state index in [1.165, 1.54) is 0 Å². The van der Waals surface area contributed by atoms with Crippen LogP contribution in [0.25, 0.3) is 0 Å². The van der Waals surface area contributed by atoms with Gasteiger partial charge in [-0.15, -0.1) is 0 Å². The maximum absolute atomic E-state index is 5.88. The third-order valence-electron chi connectivity index (χ3n) is 2.93. The van der Waals surface area contributed by atoms with Crippen LogP contribution in [0.4, 0.5) is 11.4 Å². The Morgan fingerprint density at radius 3 is 2.76 bits per heavy atom. The summed E-state index contributed by atoms with van der Waals surface area (Å²) in [6, 6.07) is 10.1. The number of anilines is 2. The van der Waals surface area contributed by atoms with E-state index in [0.717, 1.165) is 22.5 Å². The van der Waals surface area contributed by atoms with Crippen LogP contribution in [0.3, 0.4) is 0 Å². The Labute approximate surface area is 102 Å². The predicted octanol–water partition coefficient (Wildman–Crippen LogP) is 3.15. The first-order chi connectivity index (χ1) is 8.18. The van der Waals surface area contributed by atoms with Gasteiger partial charge in [0.1, 0.15) is 0 Å². The molecule has 88 valence electrons. The Balaban J connectivity index is 2.19. The van der Waals surface area contributed by atoms with Gasteiger partial charge in [0, 0.05) is 23.8 Å². The van der Waals surface area contributed by atoms with E-state index in [1.54, 1.807) is 6.20 Å². The second-order valence-corrected chi connectivity index (χ2v) is 4.17. The SMILES string of the molecule is Cc1c(N)cccc1NC(C)c1cccnc1. The van der Waals surface area contributed by atoms with Gasteiger partial charge in [-0.3, -0.25) is 4.98 Å². The highest BCUT2D eigenvalue weighted by Gasteiger charge is 2.07. The van der Waals surface area contributed by atoms with Gasteiger partial charge >= 0.3 is 0 Å². The van der Waals surface area contributed by atoms with Crippen LogP contribution in [0.2, 0.25) is 0 Å². The number of hydrogen-bond donors (Lipinski definition) is 2. The monoisotopic (exact) mass is 227 g/mol. The summed E-state index contributed by atoms with van der Waals surface area (Å²) < 4.78 is 0. The first-order valence-electron chi connectivity index (χ1n) is 5.70. The van der Waals surface area contributed by atoms with Gasteiger partial charge in [0.05, 0.1) is 6.04 Å². The van der Waals surface area contributed by atoms with Gasteiger partial charge in [0.25, 0.3) is 0 Å². The van der Waals surface area contributed by atoms with Crippen LogP contribution in [0.15, 0.2) is 42.7 Å². The smallest absolute Gasteiger partial charge is 0.0500 e. The van der Waals surface area contributed by atoms with Crippen molar-refractivity contribution in [3.05, 3.63) is 53.9 Å². The number of benzene rings is 1. The maximum Gasteiger partial charge on any atom is 0.0500 e. The van der Waals surface area contributed by atoms with Gasteiger partial charge < -0.3 is 11.1 Å². The molecule has 3 heteroatoms. The van der Waals surface area contributed by atoms with Crippen LogP contribution in [-0.4, -0.2) is 4.98 Å². The molecule has 1 aromatic carbocycles. The normalized spacial score (nSPS) is 12.1. The van der Waals surface area contributed by atoms with Gasteiger partial charge in [0.2, 0.25) is 0 Å². The molecular weight excluding hydrogens is 210 g/mol. The highest BCUT2D eigenvalue weighted by molar-refractivity contribution is 5.63. The molecule has 1 heterocycles. The molecule has 2 aromatic rings. The van der Waals surface area contributed by atoms with E-state index >= 15 is 0 Å². The van der Waals surface area contributed by atoms with Crippen LogP contribution in [0.5, 0.6) is 0 Å². The fourth-order valence-corrected chi connectivity index (χ4v) is 1.76. The Morgan fingerprint density at radius 1 is 1.24 bits per heavy atom. The minimum absolute atomic E-state index is 0.212. The van der Waals surface area contributed by atoms with Crippen molar-refractivity contribution in [2.75, 3.05) is 11.1 Å². The predicted molar refractivity (Wildman–Crippen MR) is 71.9 cm³/mol. The molecular formula is C14H17N3. The van der Waals surface area contributed by atoms with E-state index in [2.05, 4.69) is 23.3 Å². The van der Waals surface area contributed by atoms with E-state index in [4.69, 9.17) is 5.73 Å². The molecule has 0 bridgehead atoms. The van der Waals surface area contributed by atoms with E-state index in [-0.39, 0.29) is 6.04 Å². The molecule has 3 N–H and O–H groups in total. The largest absolute Gasteiger partial charge is 0.398 e. The van der Waals surface area contributed by atoms with Crippen molar-refractivity contribution < 1.29 is 0 Å². The van der Waals surface area contributed by atoms with Crippen LogP contribution in [-0.2, 0) is 0 Å². The topological polar surface area (TPSA) is 50.9 Å². The Morgan fingerprint density at radius 2 is 2.06 bits per heavy atom. The summed E-state index contributed by atoms with van der Waals surface area (Å²) in [5.41, 5.74) is 10.0. The lowest BCUT2D eigenvalue weighted by Gasteiger charge is -2.17. The summed E-state index contributed by atoms with van der Waals surface area (Å²) in [6.45, 7) is 4.13. The third-order valence-corrected chi connectivity index (χ3v) is 2.93. The van der Waals surface area contributed by atoms with Gasteiger partial charge in [-0.2, -0.15) is 0 Å². The van der Waals surface area contributed by atoms with Crippen LogP contribution in [0, 0.1) is 6.92 Å². The van der Waals surface area contributed by atoms with E-state index in [0.29, 0.717) is 0 Å². The number of hydrogen-bond acceptors (Lipinski definition) is 3. The number of nitrogens with zero attached hydrogens (tertiary/aromatic N) is 1. The fraction of sp³-hybridized carbons (Fsp3) is 0.214. The molecule has 0 fully saturated rings. The molecule has 0 saturated carbocycles. The number of pyridine rings is 1. The van der Waals surface area contributed by atoms with Crippen LogP contribution in [0.1, 0.15) is 24.1 Å².